The Morgan fingerprint density at radius 2 is 2.19 bits per heavy atom. The maximum atomic E-state index is 11.7. The molecule has 0 unspecified atom stereocenters. The highest BCUT2D eigenvalue weighted by atomic mass is 16.5. The number of carbonyl (C=O) groups excluding carboxylic acids is 1. The van der Waals surface area contributed by atoms with E-state index in [0.29, 0.717) is 17.7 Å². The van der Waals surface area contributed by atoms with Gasteiger partial charge in [0, 0.05) is 38.7 Å². The molecule has 2 aromatic heterocycles. The van der Waals surface area contributed by atoms with Crippen molar-refractivity contribution in [1.29, 1.82) is 0 Å². The van der Waals surface area contributed by atoms with Crippen molar-refractivity contribution in [3.8, 4) is 0 Å². The summed E-state index contributed by atoms with van der Waals surface area (Å²) in [6, 6.07) is 0. The first kappa shape index (κ1) is 18.1. The number of amides is 1. The average Bonchev–Trinajstić information content (AvgIpc) is 3.10. The third kappa shape index (κ3) is 4.69. The van der Waals surface area contributed by atoms with Crippen molar-refractivity contribution in [2.75, 3.05) is 30.4 Å². The van der Waals surface area contributed by atoms with Crippen molar-refractivity contribution in [3.63, 3.8) is 0 Å². The molecule has 0 aromatic carbocycles. The van der Waals surface area contributed by atoms with Gasteiger partial charge in [0.2, 0.25) is 5.95 Å². The van der Waals surface area contributed by atoms with E-state index in [0.717, 1.165) is 51.3 Å². The fourth-order valence-electron chi connectivity index (χ4n) is 2.92. The SMILES string of the molecule is CCn1cc(Nc2ncc(C(N)=O)c(NCCC3CCOCC3)n2)cn1. The molecule has 0 atom stereocenters. The molecule has 3 heterocycles. The summed E-state index contributed by atoms with van der Waals surface area (Å²) < 4.78 is 7.18. The molecular formula is C17H25N7O2. The molecule has 140 valence electrons. The van der Waals surface area contributed by atoms with E-state index in [1.54, 1.807) is 10.9 Å². The molecule has 9 heteroatoms. The van der Waals surface area contributed by atoms with Crippen LogP contribution in [0.15, 0.2) is 18.6 Å². The summed E-state index contributed by atoms with van der Waals surface area (Å²) in [6.45, 7) is 5.15. The Morgan fingerprint density at radius 1 is 1.38 bits per heavy atom. The average molecular weight is 359 g/mol. The van der Waals surface area contributed by atoms with E-state index in [1.165, 1.54) is 6.20 Å². The number of aryl methyl sites for hydroxylation is 1. The fraction of sp³-hybridized carbons (Fsp3) is 0.529. The lowest BCUT2D eigenvalue weighted by Crippen LogP contribution is -2.21. The quantitative estimate of drug-likeness (QED) is 0.657. The van der Waals surface area contributed by atoms with Crippen molar-refractivity contribution in [1.82, 2.24) is 19.7 Å². The van der Waals surface area contributed by atoms with Gasteiger partial charge >= 0.3 is 0 Å². The Kier molecular flexibility index (Phi) is 6.00. The second-order valence-corrected chi connectivity index (χ2v) is 6.30. The van der Waals surface area contributed by atoms with Gasteiger partial charge in [-0.1, -0.05) is 0 Å². The molecule has 0 bridgehead atoms. The van der Waals surface area contributed by atoms with Crippen molar-refractivity contribution < 1.29 is 9.53 Å². The summed E-state index contributed by atoms with van der Waals surface area (Å²) >= 11 is 0. The Balaban J connectivity index is 1.66. The second-order valence-electron chi connectivity index (χ2n) is 6.30. The van der Waals surface area contributed by atoms with Crippen LogP contribution in [0, 0.1) is 5.92 Å². The van der Waals surface area contributed by atoms with Crippen LogP contribution in [-0.4, -0.2) is 45.4 Å². The minimum absolute atomic E-state index is 0.284. The van der Waals surface area contributed by atoms with Crippen LogP contribution in [-0.2, 0) is 11.3 Å². The largest absolute Gasteiger partial charge is 0.381 e. The van der Waals surface area contributed by atoms with Crippen LogP contribution in [0.4, 0.5) is 17.5 Å². The maximum absolute atomic E-state index is 11.7. The number of anilines is 3. The predicted octanol–water partition coefficient (Wildman–Crippen LogP) is 1.76. The normalized spacial score (nSPS) is 15.0. The molecular weight excluding hydrogens is 334 g/mol. The third-order valence-electron chi connectivity index (χ3n) is 4.45. The zero-order valence-electron chi connectivity index (χ0n) is 14.9. The Hall–Kier alpha value is -2.68. The number of ether oxygens (including phenoxy) is 1. The van der Waals surface area contributed by atoms with Gasteiger partial charge in [0.25, 0.3) is 5.91 Å². The number of nitrogens with two attached hydrogens (primary N) is 1. The number of rotatable bonds is 8. The number of aromatic nitrogens is 4. The molecule has 0 saturated carbocycles. The molecule has 1 aliphatic heterocycles. The van der Waals surface area contributed by atoms with Crippen LogP contribution in [0.2, 0.25) is 0 Å². The molecule has 2 aromatic rings. The molecule has 3 rings (SSSR count). The lowest BCUT2D eigenvalue weighted by atomic mass is 9.97. The molecule has 0 aliphatic carbocycles. The number of nitrogens with zero attached hydrogens (tertiary/aromatic N) is 4. The third-order valence-corrected chi connectivity index (χ3v) is 4.45. The van der Waals surface area contributed by atoms with Crippen molar-refractivity contribution in [2.24, 2.45) is 11.7 Å². The number of nitrogens with one attached hydrogen (secondary N) is 2. The van der Waals surface area contributed by atoms with E-state index in [4.69, 9.17) is 10.5 Å². The molecule has 26 heavy (non-hydrogen) atoms. The van der Waals surface area contributed by atoms with Crippen LogP contribution in [0.25, 0.3) is 0 Å². The zero-order chi connectivity index (χ0) is 18.4. The minimum atomic E-state index is -0.552. The fourth-order valence-corrected chi connectivity index (χ4v) is 2.92. The zero-order valence-corrected chi connectivity index (χ0v) is 14.9. The van der Waals surface area contributed by atoms with Crippen LogP contribution >= 0.6 is 0 Å². The maximum Gasteiger partial charge on any atom is 0.254 e. The summed E-state index contributed by atoms with van der Waals surface area (Å²) in [4.78, 5) is 20.2. The van der Waals surface area contributed by atoms with Gasteiger partial charge in [-0.2, -0.15) is 10.1 Å². The van der Waals surface area contributed by atoms with Crippen LogP contribution in [0.1, 0.15) is 36.5 Å². The standard InChI is InChI=1S/C17H25N7O2/c1-2-24-11-13(9-21-24)22-17-20-10-14(15(18)25)16(23-17)19-6-3-12-4-7-26-8-5-12/h9-12H,2-8H2,1H3,(H2,18,25)(H2,19,20,22,23). The Morgan fingerprint density at radius 3 is 2.88 bits per heavy atom. The van der Waals surface area contributed by atoms with Crippen molar-refractivity contribution >= 4 is 23.4 Å². The van der Waals surface area contributed by atoms with Gasteiger partial charge < -0.3 is 21.1 Å². The number of carbonyl (C=O) groups is 1. The lowest BCUT2D eigenvalue weighted by Gasteiger charge is -2.22. The summed E-state index contributed by atoms with van der Waals surface area (Å²) in [6.07, 6.45) is 8.15. The first-order chi connectivity index (χ1) is 12.7. The summed E-state index contributed by atoms with van der Waals surface area (Å²) in [7, 11) is 0. The van der Waals surface area contributed by atoms with Gasteiger partial charge in [0.1, 0.15) is 5.82 Å². The molecule has 9 nitrogen and oxygen atoms in total. The van der Waals surface area contributed by atoms with Gasteiger partial charge in [-0.15, -0.1) is 0 Å². The van der Waals surface area contributed by atoms with E-state index in [9.17, 15) is 4.79 Å². The van der Waals surface area contributed by atoms with Crippen LogP contribution in [0.5, 0.6) is 0 Å². The number of hydrogen-bond donors (Lipinski definition) is 3. The van der Waals surface area contributed by atoms with Gasteiger partial charge in [-0.3, -0.25) is 9.48 Å². The van der Waals surface area contributed by atoms with E-state index in [-0.39, 0.29) is 5.56 Å². The Labute approximate surface area is 152 Å². The van der Waals surface area contributed by atoms with E-state index in [1.807, 2.05) is 13.1 Å². The highest BCUT2D eigenvalue weighted by Crippen LogP contribution is 2.20. The minimum Gasteiger partial charge on any atom is -0.381 e. The molecule has 4 N–H and O–H groups in total. The highest BCUT2D eigenvalue weighted by molar-refractivity contribution is 5.97. The van der Waals surface area contributed by atoms with E-state index >= 15 is 0 Å². The first-order valence-corrected chi connectivity index (χ1v) is 8.93. The van der Waals surface area contributed by atoms with E-state index < -0.39 is 5.91 Å². The number of hydrogen-bond acceptors (Lipinski definition) is 7. The molecule has 0 radical (unpaired) electrons. The second kappa shape index (κ2) is 8.61. The summed E-state index contributed by atoms with van der Waals surface area (Å²) in [5.74, 6) is 0.917. The van der Waals surface area contributed by atoms with Crippen molar-refractivity contribution in [2.45, 2.75) is 32.7 Å². The molecule has 1 aliphatic rings. The van der Waals surface area contributed by atoms with Gasteiger partial charge in [0.05, 0.1) is 17.4 Å². The molecule has 1 saturated heterocycles. The predicted molar refractivity (Wildman–Crippen MR) is 98.4 cm³/mol. The monoisotopic (exact) mass is 359 g/mol. The first-order valence-electron chi connectivity index (χ1n) is 8.93. The molecule has 1 fully saturated rings. The summed E-state index contributed by atoms with van der Waals surface area (Å²) in [5, 5.41) is 10.5. The van der Waals surface area contributed by atoms with Gasteiger partial charge in [0.15, 0.2) is 0 Å². The van der Waals surface area contributed by atoms with E-state index in [2.05, 4.69) is 25.7 Å². The number of primary amides is 1. The van der Waals surface area contributed by atoms with Crippen molar-refractivity contribution in [3.05, 3.63) is 24.2 Å². The van der Waals surface area contributed by atoms with Gasteiger partial charge in [-0.25, -0.2) is 4.98 Å². The smallest absolute Gasteiger partial charge is 0.254 e. The van der Waals surface area contributed by atoms with Crippen LogP contribution in [0.3, 0.4) is 0 Å². The lowest BCUT2D eigenvalue weighted by molar-refractivity contribution is 0.0649. The highest BCUT2D eigenvalue weighted by Gasteiger charge is 2.15. The molecule has 1 amide bonds. The summed E-state index contributed by atoms with van der Waals surface area (Å²) in [5.41, 5.74) is 6.51. The molecule has 0 spiro atoms. The van der Waals surface area contributed by atoms with Crippen LogP contribution < -0.4 is 16.4 Å². The Bertz CT molecular complexity index is 740. The van der Waals surface area contributed by atoms with Gasteiger partial charge in [-0.05, 0) is 32.1 Å². The topological polar surface area (TPSA) is 120 Å².